The second-order valence-electron chi connectivity index (χ2n) is 4.07. The quantitative estimate of drug-likeness (QED) is 0.677. The summed E-state index contributed by atoms with van der Waals surface area (Å²) >= 11 is 0. The number of nitrogens with one attached hydrogen (secondary N) is 2. The molecule has 7 nitrogen and oxygen atoms in total. The lowest BCUT2D eigenvalue weighted by atomic mass is 10.2. The first kappa shape index (κ1) is 14.3. The highest BCUT2D eigenvalue weighted by Gasteiger charge is 2.13. The Morgan fingerprint density at radius 1 is 1.19 bits per heavy atom. The van der Waals surface area contributed by atoms with Crippen LogP contribution >= 0.6 is 0 Å². The summed E-state index contributed by atoms with van der Waals surface area (Å²) in [6.45, 7) is 0. The average Bonchev–Trinajstić information content (AvgIpc) is 2.37. The zero-order chi connectivity index (χ0) is 15.6. The van der Waals surface area contributed by atoms with Gasteiger partial charge in [0.05, 0.1) is 11.1 Å². The van der Waals surface area contributed by atoms with Crippen LogP contribution in [-0.4, -0.2) is 27.1 Å². The van der Waals surface area contributed by atoms with Crippen molar-refractivity contribution < 1.29 is 24.2 Å². The summed E-state index contributed by atoms with van der Waals surface area (Å²) in [6.07, 6.45) is 0. The van der Waals surface area contributed by atoms with Gasteiger partial charge in [-0.3, -0.25) is 14.6 Å². The maximum Gasteiger partial charge on any atom is 0.338 e. The number of aromatic hydroxyl groups is 1. The van der Waals surface area contributed by atoms with E-state index in [2.05, 4.69) is 10.3 Å². The molecule has 0 atom stereocenters. The van der Waals surface area contributed by atoms with Crippen LogP contribution in [0.1, 0.15) is 20.7 Å². The first-order chi connectivity index (χ1) is 9.86. The molecular formula is C13H9FN2O5. The number of aromatic nitrogens is 1. The molecule has 0 saturated carbocycles. The minimum Gasteiger partial charge on any atom is -0.494 e. The number of aromatic carboxylic acids is 1. The lowest BCUT2D eigenvalue weighted by Gasteiger charge is -2.06. The number of anilines is 1. The zero-order valence-corrected chi connectivity index (χ0v) is 10.4. The second-order valence-corrected chi connectivity index (χ2v) is 4.07. The van der Waals surface area contributed by atoms with E-state index < -0.39 is 34.7 Å². The first-order valence-corrected chi connectivity index (χ1v) is 5.64. The predicted octanol–water partition coefficient (Wildman–Crippen LogP) is 1.17. The number of amides is 1. The smallest absolute Gasteiger partial charge is 0.338 e. The summed E-state index contributed by atoms with van der Waals surface area (Å²) in [6, 6.07) is 5.03. The molecule has 8 heteroatoms. The fraction of sp³-hybridized carbons (Fsp3) is 0. The van der Waals surface area contributed by atoms with Crippen molar-refractivity contribution >= 4 is 17.6 Å². The standard InChI is InChI=1S/C13H9FN2O5/c14-9-5-7(1-2-8(9)13(20)21)15-12(19)6-3-10(17)16-11(18)4-6/h1-5H,(H,15,19)(H,20,21)(H2,16,17,18). The second kappa shape index (κ2) is 5.45. The van der Waals surface area contributed by atoms with Gasteiger partial charge in [-0.15, -0.1) is 0 Å². The average molecular weight is 292 g/mol. The number of H-pyrrole nitrogens is 1. The van der Waals surface area contributed by atoms with Crippen LogP contribution in [0.5, 0.6) is 5.88 Å². The molecule has 21 heavy (non-hydrogen) atoms. The minimum atomic E-state index is -1.43. The van der Waals surface area contributed by atoms with Crippen LogP contribution in [0.2, 0.25) is 0 Å². The Labute approximate surface area is 116 Å². The van der Waals surface area contributed by atoms with E-state index in [0.29, 0.717) is 0 Å². The van der Waals surface area contributed by atoms with E-state index in [1.807, 2.05) is 0 Å². The van der Waals surface area contributed by atoms with E-state index >= 15 is 0 Å². The summed E-state index contributed by atoms with van der Waals surface area (Å²) < 4.78 is 13.5. The molecule has 0 aliphatic carbocycles. The normalized spacial score (nSPS) is 10.1. The molecule has 4 N–H and O–H groups in total. The molecule has 1 heterocycles. The van der Waals surface area contributed by atoms with Crippen molar-refractivity contribution in [3.05, 3.63) is 57.6 Å². The summed E-state index contributed by atoms with van der Waals surface area (Å²) in [5, 5.41) is 20.2. The Hall–Kier alpha value is -3.16. The number of halogens is 1. The molecular weight excluding hydrogens is 283 g/mol. The summed E-state index contributed by atoms with van der Waals surface area (Å²) in [4.78, 5) is 35.7. The van der Waals surface area contributed by atoms with Crippen LogP contribution in [0.4, 0.5) is 10.1 Å². The number of rotatable bonds is 3. The molecule has 2 aromatic rings. The van der Waals surface area contributed by atoms with Gasteiger partial charge in [0.2, 0.25) is 0 Å². The van der Waals surface area contributed by atoms with E-state index in [-0.39, 0.29) is 11.3 Å². The Morgan fingerprint density at radius 2 is 1.90 bits per heavy atom. The van der Waals surface area contributed by atoms with Crippen molar-refractivity contribution in [2.24, 2.45) is 0 Å². The van der Waals surface area contributed by atoms with Gasteiger partial charge in [-0.05, 0) is 18.2 Å². The number of hydrogen-bond donors (Lipinski definition) is 4. The van der Waals surface area contributed by atoms with E-state index in [0.717, 1.165) is 24.3 Å². The van der Waals surface area contributed by atoms with Crippen LogP contribution < -0.4 is 10.9 Å². The number of benzene rings is 1. The Kier molecular flexibility index (Phi) is 3.70. The lowest BCUT2D eigenvalue weighted by Crippen LogP contribution is -2.16. The highest BCUT2D eigenvalue weighted by atomic mass is 19.1. The van der Waals surface area contributed by atoms with Gasteiger partial charge in [0.15, 0.2) is 5.88 Å². The molecule has 0 radical (unpaired) electrons. The van der Waals surface area contributed by atoms with Gasteiger partial charge in [0.1, 0.15) is 5.82 Å². The van der Waals surface area contributed by atoms with Crippen molar-refractivity contribution in [2.75, 3.05) is 5.32 Å². The number of carbonyl (C=O) groups excluding carboxylic acids is 1. The largest absolute Gasteiger partial charge is 0.494 e. The van der Waals surface area contributed by atoms with Crippen LogP contribution in [0, 0.1) is 5.82 Å². The molecule has 1 amide bonds. The number of pyridine rings is 1. The van der Waals surface area contributed by atoms with Crippen molar-refractivity contribution in [3.63, 3.8) is 0 Å². The lowest BCUT2D eigenvalue weighted by molar-refractivity contribution is 0.0692. The maximum absolute atomic E-state index is 13.5. The van der Waals surface area contributed by atoms with Crippen LogP contribution in [0.25, 0.3) is 0 Å². The molecule has 108 valence electrons. The van der Waals surface area contributed by atoms with Gasteiger partial charge >= 0.3 is 5.97 Å². The third kappa shape index (κ3) is 3.24. The summed E-state index contributed by atoms with van der Waals surface area (Å²) in [5.74, 6) is -3.67. The maximum atomic E-state index is 13.5. The Morgan fingerprint density at radius 3 is 2.48 bits per heavy atom. The molecule has 0 saturated heterocycles. The topological polar surface area (TPSA) is 119 Å². The molecule has 0 fully saturated rings. The van der Waals surface area contributed by atoms with Crippen molar-refractivity contribution in [1.29, 1.82) is 0 Å². The zero-order valence-electron chi connectivity index (χ0n) is 10.4. The number of aromatic amines is 1. The molecule has 1 aromatic heterocycles. The summed E-state index contributed by atoms with van der Waals surface area (Å²) in [7, 11) is 0. The fourth-order valence-corrected chi connectivity index (χ4v) is 1.63. The molecule has 0 unspecified atom stereocenters. The van der Waals surface area contributed by atoms with Gasteiger partial charge in [-0.25, -0.2) is 9.18 Å². The first-order valence-electron chi connectivity index (χ1n) is 5.64. The summed E-state index contributed by atoms with van der Waals surface area (Å²) in [5.41, 5.74) is -1.31. The SMILES string of the molecule is O=C(Nc1ccc(C(=O)O)c(F)c1)c1cc(O)[nH]c(=O)c1. The van der Waals surface area contributed by atoms with Gasteiger partial charge < -0.3 is 15.5 Å². The van der Waals surface area contributed by atoms with E-state index in [9.17, 15) is 23.9 Å². The van der Waals surface area contributed by atoms with Crippen LogP contribution in [0.15, 0.2) is 35.1 Å². The monoisotopic (exact) mass is 292 g/mol. The van der Waals surface area contributed by atoms with Gasteiger partial charge in [-0.1, -0.05) is 0 Å². The Bertz CT molecular complexity index is 784. The van der Waals surface area contributed by atoms with Crippen molar-refractivity contribution in [2.45, 2.75) is 0 Å². The predicted molar refractivity (Wildman–Crippen MR) is 70.0 cm³/mol. The third-order valence-electron chi connectivity index (χ3n) is 2.55. The fourth-order valence-electron chi connectivity index (χ4n) is 1.63. The molecule has 0 spiro atoms. The molecule has 1 aromatic carbocycles. The van der Waals surface area contributed by atoms with E-state index in [1.54, 1.807) is 0 Å². The molecule has 0 bridgehead atoms. The molecule has 2 rings (SSSR count). The number of carboxylic acid groups (broad SMARTS) is 1. The minimum absolute atomic E-state index is 0.0160. The van der Waals surface area contributed by atoms with E-state index in [1.165, 1.54) is 6.07 Å². The van der Waals surface area contributed by atoms with Crippen molar-refractivity contribution in [3.8, 4) is 5.88 Å². The third-order valence-corrected chi connectivity index (χ3v) is 2.55. The molecule has 0 aliphatic rings. The number of carbonyl (C=O) groups is 2. The highest BCUT2D eigenvalue weighted by molar-refractivity contribution is 6.04. The number of carboxylic acids is 1. The molecule has 0 aliphatic heterocycles. The van der Waals surface area contributed by atoms with E-state index in [4.69, 9.17) is 5.11 Å². The van der Waals surface area contributed by atoms with Crippen molar-refractivity contribution in [1.82, 2.24) is 4.98 Å². The van der Waals surface area contributed by atoms with Crippen LogP contribution in [0.3, 0.4) is 0 Å². The number of hydrogen-bond acceptors (Lipinski definition) is 4. The van der Waals surface area contributed by atoms with Gasteiger partial charge in [0.25, 0.3) is 11.5 Å². The van der Waals surface area contributed by atoms with Gasteiger partial charge in [-0.2, -0.15) is 0 Å². The van der Waals surface area contributed by atoms with Crippen LogP contribution in [-0.2, 0) is 0 Å². The Balaban J connectivity index is 2.25. The van der Waals surface area contributed by atoms with Gasteiger partial charge in [0, 0.05) is 17.8 Å². The highest BCUT2D eigenvalue weighted by Crippen LogP contribution is 2.16.